The topological polar surface area (TPSA) is 81.7 Å². The standard InChI is InChI=1S/C12H25N3O3/c1-3-5-7-13-12(18)14-11(17)10-15(4-2)8-6-9-16/h16H,3-10H2,1-2H3,(H2,13,14,17,18). The van der Waals surface area contributed by atoms with Crippen molar-refractivity contribution < 1.29 is 14.7 Å². The SMILES string of the molecule is CCCCNC(=O)NC(=O)CN(CC)CCCO. The second-order valence-corrected chi connectivity index (χ2v) is 4.10. The number of aliphatic hydroxyl groups is 1. The van der Waals surface area contributed by atoms with Gasteiger partial charge in [-0.2, -0.15) is 0 Å². The van der Waals surface area contributed by atoms with Gasteiger partial charge in [-0.1, -0.05) is 20.3 Å². The molecule has 6 heteroatoms. The number of aliphatic hydroxyl groups excluding tert-OH is 1. The largest absolute Gasteiger partial charge is 0.396 e. The van der Waals surface area contributed by atoms with Crippen LogP contribution in [0.15, 0.2) is 0 Å². The van der Waals surface area contributed by atoms with Gasteiger partial charge in [0.25, 0.3) is 0 Å². The van der Waals surface area contributed by atoms with Gasteiger partial charge in [0, 0.05) is 19.7 Å². The Labute approximate surface area is 109 Å². The highest BCUT2D eigenvalue weighted by Crippen LogP contribution is 1.90. The Balaban J connectivity index is 3.82. The molecule has 0 unspecified atom stereocenters. The molecule has 0 aliphatic carbocycles. The van der Waals surface area contributed by atoms with E-state index in [2.05, 4.69) is 10.6 Å². The first kappa shape index (κ1) is 16.9. The zero-order chi connectivity index (χ0) is 13.8. The molecule has 0 fully saturated rings. The third kappa shape index (κ3) is 8.95. The van der Waals surface area contributed by atoms with Crippen molar-refractivity contribution in [2.75, 3.05) is 32.8 Å². The summed E-state index contributed by atoms with van der Waals surface area (Å²) in [5, 5.41) is 13.6. The molecule has 0 saturated carbocycles. The van der Waals surface area contributed by atoms with Gasteiger partial charge in [0.2, 0.25) is 5.91 Å². The molecule has 106 valence electrons. The van der Waals surface area contributed by atoms with Gasteiger partial charge >= 0.3 is 6.03 Å². The Hall–Kier alpha value is -1.14. The number of carbonyl (C=O) groups excluding carboxylic acids is 2. The third-order valence-electron chi connectivity index (χ3n) is 2.52. The van der Waals surface area contributed by atoms with E-state index in [1.54, 1.807) is 0 Å². The van der Waals surface area contributed by atoms with Crippen LogP contribution >= 0.6 is 0 Å². The van der Waals surface area contributed by atoms with Crippen LogP contribution in [0.1, 0.15) is 33.1 Å². The summed E-state index contributed by atoms with van der Waals surface area (Å²) < 4.78 is 0. The molecule has 0 bridgehead atoms. The molecule has 0 heterocycles. The molecular formula is C12H25N3O3. The van der Waals surface area contributed by atoms with Crippen LogP contribution in [-0.4, -0.2) is 54.7 Å². The van der Waals surface area contributed by atoms with Crippen LogP contribution in [0.5, 0.6) is 0 Å². The molecule has 3 N–H and O–H groups in total. The Kier molecular flexibility index (Phi) is 10.3. The molecule has 18 heavy (non-hydrogen) atoms. The lowest BCUT2D eigenvalue weighted by molar-refractivity contribution is -0.121. The van der Waals surface area contributed by atoms with E-state index < -0.39 is 6.03 Å². The molecule has 0 atom stereocenters. The quantitative estimate of drug-likeness (QED) is 0.521. The Bertz CT molecular complexity index is 247. The summed E-state index contributed by atoms with van der Waals surface area (Å²) in [4.78, 5) is 24.7. The van der Waals surface area contributed by atoms with Gasteiger partial charge in [0.05, 0.1) is 6.54 Å². The van der Waals surface area contributed by atoms with Gasteiger partial charge in [-0.25, -0.2) is 4.79 Å². The van der Waals surface area contributed by atoms with E-state index >= 15 is 0 Å². The monoisotopic (exact) mass is 259 g/mol. The van der Waals surface area contributed by atoms with Crippen molar-refractivity contribution in [3.63, 3.8) is 0 Å². The number of imide groups is 1. The molecule has 0 aromatic heterocycles. The Morgan fingerprint density at radius 1 is 1.22 bits per heavy atom. The van der Waals surface area contributed by atoms with Crippen molar-refractivity contribution in [2.45, 2.75) is 33.1 Å². The van der Waals surface area contributed by atoms with Gasteiger partial charge < -0.3 is 10.4 Å². The van der Waals surface area contributed by atoms with Crippen LogP contribution in [0.25, 0.3) is 0 Å². The van der Waals surface area contributed by atoms with Gasteiger partial charge in [-0.3, -0.25) is 15.0 Å². The minimum Gasteiger partial charge on any atom is -0.396 e. The number of nitrogens with zero attached hydrogens (tertiary/aromatic N) is 1. The average molecular weight is 259 g/mol. The zero-order valence-electron chi connectivity index (χ0n) is 11.4. The van der Waals surface area contributed by atoms with Gasteiger partial charge in [0.1, 0.15) is 0 Å². The molecule has 0 spiro atoms. The number of urea groups is 1. The maximum Gasteiger partial charge on any atom is 0.321 e. The molecule has 0 saturated heterocycles. The second kappa shape index (κ2) is 11.0. The van der Waals surface area contributed by atoms with Crippen molar-refractivity contribution in [3.8, 4) is 0 Å². The molecule has 6 nitrogen and oxygen atoms in total. The maximum atomic E-state index is 11.5. The van der Waals surface area contributed by atoms with Gasteiger partial charge in [-0.05, 0) is 19.4 Å². The third-order valence-corrected chi connectivity index (χ3v) is 2.52. The summed E-state index contributed by atoms with van der Waals surface area (Å²) in [7, 11) is 0. The fraction of sp³-hybridized carbons (Fsp3) is 0.833. The van der Waals surface area contributed by atoms with E-state index in [0.29, 0.717) is 26.1 Å². The van der Waals surface area contributed by atoms with Crippen molar-refractivity contribution in [2.24, 2.45) is 0 Å². The van der Waals surface area contributed by atoms with Crippen LogP contribution in [0.2, 0.25) is 0 Å². The molecule has 0 aliphatic rings. The first-order valence-corrected chi connectivity index (χ1v) is 6.54. The maximum absolute atomic E-state index is 11.5. The Morgan fingerprint density at radius 2 is 1.94 bits per heavy atom. The van der Waals surface area contributed by atoms with Crippen LogP contribution in [-0.2, 0) is 4.79 Å². The summed E-state index contributed by atoms with van der Waals surface area (Å²) >= 11 is 0. The molecular weight excluding hydrogens is 234 g/mol. The van der Waals surface area contributed by atoms with Crippen LogP contribution in [0, 0.1) is 0 Å². The van der Waals surface area contributed by atoms with E-state index in [4.69, 9.17) is 5.11 Å². The molecule has 0 rings (SSSR count). The predicted molar refractivity (Wildman–Crippen MR) is 70.3 cm³/mol. The van der Waals surface area contributed by atoms with E-state index in [0.717, 1.165) is 12.8 Å². The van der Waals surface area contributed by atoms with Crippen molar-refractivity contribution >= 4 is 11.9 Å². The van der Waals surface area contributed by atoms with Gasteiger partial charge in [0.15, 0.2) is 0 Å². The van der Waals surface area contributed by atoms with E-state index in [1.807, 2.05) is 18.7 Å². The summed E-state index contributed by atoms with van der Waals surface area (Å²) in [5.74, 6) is -0.316. The lowest BCUT2D eigenvalue weighted by Crippen LogP contribution is -2.45. The second-order valence-electron chi connectivity index (χ2n) is 4.10. The minimum absolute atomic E-state index is 0.107. The van der Waals surface area contributed by atoms with Crippen molar-refractivity contribution in [1.82, 2.24) is 15.5 Å². The number of hydrogen-bond acceptors (Lipinski definition) is 4. The first-order valence-electron chi connectivity index (χ1n) is 6.54. The number of carbonyl (C=O) groups is 2. The first-order chi connectivity index (χ1) is 8.63. The summed E-state index contributed by atoms with van der Waals surface area (Å²) in [6, 6.07) is -0.438. The number of rotatable bonds is 9. The highest BCUT2D eigenvalue weighted by molar-refractivity contribution is 5.95. The average Bonchev–Trinajstić information content (AvgIpc) is 2.34. The number of hydrogen-bond donors (Lipinski definition) is 3. The normalized spacial score (nSPS) is 10.4. The molecule has 0 aromatic carbocycles. The number of nitrogens with one attached hydrogen (secondary N) is 2. The lowest BCUT2D eigenvalue weighted by atomic mass is 10.3. The lowest BCUT2D eigenvalue weighted by Gasteiger charge is -2.18. The molecule has 0 aromatic rings. The van der Waals surface area contributed by atoms with Crippen molar-refractivity contribution in [1.29, 1.82) is 0 Å². The van der Waals surface area contributed by atoms with E-state index in [9.17, 15) is 9.59 Å². The van der Waals surface area contributed by atoms with Crippen LogP contribution < -0.4 is 10.6 Å². The highest BCUT2D eigenvalue weighted by atomic mass is 16.3. The fourth-order valence-electron chi connectivity index (χ4n) is 1.44. The van der Waals surface area contributed by atoms with Crippen molar-refractivity contribution in [3.05, 3.63) is 0 Å². The zero-order valence-corrected chi connectivity index (χ0v) is 11.4. The molecule has 0 aliphatic heterocycles. The summed E-state index contributed by atoms with van der Waals surface area (Å²) in [6.07, 6.45) is 2.53. The number of unbranched alkanes of at least 4 members (excludes halogenated alkanes) is 1. The predicted octanol–water partition coefficient (Wildman–Crippen LogP) is 0.317. The smallest absolute Gasteiger partial charge is 0.321 e. The molecule has 0 radical (unpaired) electrons. The van der Waals surface area contributed by atoms with Crippen LogP contribution in [0.4, 0.5) is 4.79 Å². The van der Waals surface area contributed by atoms with E-state index in [-0.39, 0.29) is 19.1 Å². The highest BCUT2D eigenvalue weighted by Gasteiger charge is 2.11. The van der Waals surface area contributed by atoms with Crippen LogP contribution in [0.3, 0.4) is 0 Å². The summed E-state index contributed by atoms with van der Waals surface area (Å²) in [5.41, 5.74) is 0. The number of likely N-dealkylation sites (N-methyl/N-ethyl adjacent to an activating group) is 1. The summed E-state index contributed by atoms with van der Waals surface area (Å²) in [6.45, 7) is 6.20. The molecule has 3 amide bonds. The Morgan fingerprint density at radius 3 is 2.50 bits per heavy atom. The van der Waals surface area contributed by atoms with E-state index in [1.165, 1.54) is 0 Å². The fourth-order valence-corrected chi connectivity index (χ4v) is 1.44. The van der Waals surface area contributed by atoms with Gasteiger partial charge in [-0.15, -0.1) is 0 Å². The minimum atomic E-state index is -0.438. The number of amides is 3.